The van der Waals surface area contributed by atoms with Crippen LogP contribution in [0.15, 0.2) is 71.1 Å². The predicted molar refractivity (Wildman–Crippen MR) is 124 cm³/mol. The Morgan fingerprint density at radius 2 is 1.76 bits per heavy atom. The molecule has 0 saturated heterocycles. The number of ether oxygens (including phenoxy) is 1. The third-order valence-corrected chi connectivity index (χ3v) is 6.35. The summed E-state index contributed by atoms with van der Waals surface area (Å²) >= 11 is 6.02. The summed E-state index contributed by atoms with van der Waals surface area (Å²) < 4.78 is 5.29. The number of nitrogens with zero attached hydrogens (tertiary/aromatic N) is 1. The van der Waals surface area contributed by atoms with E-state index >= 15 is 0 Å². The highest BCUT2D eigenvalue weighted by Crippen LogP contribution is 2.46. The summed E-state index contributed by atoms with van der Waals surface area (Å²) in [5, 5.41) is 15.0. The number of ketones is 1. The second kappa shape index (κ2) is 9.19. The Balaban J connectivity index is 1.79. The van der Waals surface area contributed by atoms with Crippen molar-refractivity contribution in [2.75, 3.05) is 6.61 Å². The molecule has 2 atom stereocenters. The Kier molecular flexibility index (Phi) is 6.33. The number of benzene rings is 2. The molecule has 0 unspecified atom stereocenters. The van der Waals surface area contributed by atoms with Crippen molar-refractivity contribution in [2.24, 2.45) is 0 Å². The fourth-order valence-corrected chi connectivity index (χ4v) is 4.74. The van der Waals surface area contributed by atoms with Crippen LogP contribution in [0.5, 0.6) is 0 Å². The molecule has 1 aliphatic heterocycles. The lowest BCUT2D eigenvalue weighted by Gasteiger charge is -2.36. The number of allylic oxidation sites excluding steroid dienone is 3. The highest BCUT2D eigenvalue weighted by Gasteiger charge is 2.41. The lowest BCUT2D eigenvalue weighted by molar-refractivity contribution is -0.384. The molecule has 4 rings (SSSR count). The van der Waals surface area contributed by atoms with Gasteiger partial charge in [-0.25, -0.2) is 4.79 Å². The van der Waals surface area contributed by atoms with E-state index in [0.29, 0.717) is 40.3 Å². The van der Waals surface area contributed by atoms with Crippen LogP contribution < -0.4 is 5.32 Å². The minimum absolute atomic E-state index is 0.0181. The third kappa shape index (κ3) is 4.41. The molecule has 0 fully saturated rings. The van der Waals surface area contributed by atoms with E-state index in [-0.39, 0.29) is 24.0 Å². The number of nitro groups is 1. The van der Waals surface area contributed by atoms with Crippen molar-refractivity contribution in [3.63, 3.8) is 0 Å². The fraction of sp³-hybridized carbons (Fsp3) is 0.280. The lowest BCUT2D eigenvalue weighted by atomic mass is 9.71. The molecule has 1 heterocycles. The van der Waals surface area contributed by atoms with Crippen molar-refractivity contribution in [1.29, 1.82) is 0 Å². The SMILES string of the molecule is CCOC(=O)C1=C(C)NC2=C(C(=O)C[C@@H](c3ccc(Cl)cc3)C2)[C@@H]1c1ccc([N+](=O)[O-])cc1. The van der Waals surface area contributed by atoms with Gasteiger partial charge >= 0.3 is 5.97 Å². The molecule has 2 aliphatic rings. The summed E-state index contributed by atoms with van der Waals surface area (Å²) in [5.74, 6) is -1.25. The van der Waals surface area contributed by atoms with Crippen LogP contribution in [0.1, 0.15) is 49.7 Å². The maximum atomic E-state index is 13.5. The zero-order valence-electron chi connectivity index (χ0n) is 18.3. The van der Waals surface area contributed by atoms with Gasteiger partial charge in [-0.05, 0) is 49.4 Å². The summed E-state index contributed by atoms with van der Waals surface area (Å²) in [6.45, 7) is 3.70. The first kappa shape index (κ1) is 22.7. The molecular formula is C25H23ClN2O5. The van der Waals surface area contributed by atoms with Crippen LogP contribution in [0.2, 0.25) is 5.02 Å². The van der Waals surface area contributed by atoms with Gasteiger partial charge in [0.15, 0.2) is 5.78 Å². The number of hydrogen-bond donors (Lipinski definition) is 1. The van der Waals surface area contributed by atoms with Gasteiger partial charge in [0.1, 0.15) is 0 Å². The third-order valence-electron chi connectivity index (χ3n) is 6.10. The van der Waals surface area contributed by atoms with Crippen LogP contribution in [0.4, 0.5) is 5.69 Å². The first-order valence-electron chi connectivity index (χ1n) is 10.7. The topological polar surface area (TPSA) is 98.5 Å². The molecule has 170 valence electrons. The van der Waals surface area contributed by atoms with E-state index < -0.39 is 16.8 Å². The Hall–Kier alpha value is -3.45. The van der Waals surface area contributed by atoms with Gasteiger partial charge < -0.3 is 10.1 Å². The number of nitrogens with one attached hydrogen (secondary N) is 1. The van der Waals surface area contributed by atoms with Crippen molar-refractivity contribution >= 4 is 29.0 Å². The molecule has 0 spiro atoms. The number of carbonyl (C=O) groups excluding carboxylic acids is 2. The number of Topliss-reactive ketones (excluding diaryl/α,β-unsaturated/α-hetero) is 1. The number of esters is 1. The van der Waals surface area contributed by atoms with Crippen molar-refractivity contribution < 1.29 is 19.2 Å². The molecule has 2 aromatic rings. The standard InChI is InChI=1S/C25H23ClN2O5/c1-3-33-25(30)22-14(2)27-20-12-17(15-4-8-18(26)9-5-15)13-21(29)24(20)23(22)16-6-10-19(11-7-16)28(31)32/h4-11,17,23,27H,3,12-13H2,1-2H3/t17-,23+/m0/s1. The molecule has 8 heteroatoms. The van der Waals surface area contributed by atoms with Crippen molar-refractivity contribution in [2.45, 2.75) is 38.5 Å². The Bertz CT molecular complexity index is 1180. The number of hydrogen-bond acceptors (Lipinski definition) is 6. The Morgan fingerprint density at radius 1 is 1.12 bits per heavy atom. The van der Waals surface area contributed by atoms with Crippen LogP contribution >= 0.6 is 11.6 Å². The highest BCUT2D eigenvalue weighted by atomic mass is 35.5. The van der Waals surface area contributed by atoms with Crippen molar-refractivity contribution in [3.8, 4) is 0 Å². The summed E-state index contributed by atoms with van der Waals surface area (Å²) in [7, 11) is 0. The highest BCUT2D eigenvalue weighted by molar-refractivity contribution is 6.30. The van der Waals surface area contributed by atoms with Crippen molar-refractivity contribution in [1.82, 2.24) is 5.32 Å². The summed E-state index contributed by atoms with van der Waals surface area (Å²) in [5.41, 5.74) is 3.84. The number of nitro benzene ring substituents is 1. The van der Waals surface area contributed by atoms with Crippen LogP contribution in [-0.4, -0.2) is 23.3 Å². The Labute approximate surface area is 196 Å². The van der Waals surface area contributed by atoms with Gasteiger partial charge in [0.25, 0.3) is 5.69 Å². The largest absolute Gasteiger partial charge is 0.463 e. The summed E-state index contributed by atoms with van der Waals surface area (Å²) in [4.78, 5) is 37.0. The van der Waals surface area contributed by atoms with E-state index in [0.717, 1.165) is 11.3 Å². The zero-order valence-corrected chi connectivity index (χ0v) is 19.0. The van der Waals surface area contributed by atoms with E-state index in [9.17, 15) is 19.7 Å². The smallest absolute Gasteiger partial charge is 0.336 e. The van der Waals surface area contributed by atoms with Crippen molar-refractivity contribution in [3.05, 3.63) is 97.3 Å². The first-order chi connectivity index (χ1) is 15.8. The average molecular weight is 467 g/mol. The molecular weight excluding hydrogens is 444 g/mol. The average Bonchev–Trinajstić information content (AvgIpc) is 2.78. The van der Waals surface area contributed by atoms with Crippen LogP contribution in [-0.2, 0) is 14.3 Å². The zero-order chi connectivity index (χ0) is 23.7. The molecule has 0 saturated carbocycles. The lowest BCUT2D eigenvalue weighted by Crippen LogP contribution is -2.36. The van der Waals surface area contributed by atoms with E-state index in [1.165, 1.54) is 12.1 Å². The number of carbonyl (C=O) groups is 2. The number of halogens is 1. The molecule has 2 aromatic carbocycles. The van der Waals surface area contributed by atoms with Crippen LogP contribution in [0.3, 0.4) is 0 Å². The van der Waals surface area contributed by atoms with Gasteiger partial charge in [-0.3, -0.25) is 14.9 Å². The van der Waals surface area contributed by atoms with Crippen LogP contribution in [0, 0.1) is 10.1 Å². The normalized spacial score (nSPS) is 20.3. The first-order valence-corrected chi connectivity index (χ1v) is 11.1. The number of rotatable bonds is 5. The van der Waals surface area contributed by atoms with E-state index in [1.54, 1.807) is 26.0 Å². The second-order valence-electron chi connectivity index (χ2n) is 8.14. The molecule has 0 amide bonds. The number of dihydropyridines is 1. The Morgan fingerprint density at radius 3 is 2.36 bits per heavy atom. The molecule has 1 aliphatic carbocycles. The fourth-order valence-electron chi connectivity index (χ4n) is 4.61. The molecule has 7 nitrogen and oxygen atoms in total. The molecule has 0 aromatic heterocycles. The van der Waals surface area contributed by atoms with Gasteiger partial charge in [-0.15, -0.1) is 0 Å². The van der Waals surface area contributed by atoms with E-state index in [4.69, 9.17) is 16.3 Å². The van der Waals surface area contributed by atoms with Gasteiger partial charge in [0.05, 0.1) is 17.1 Å². The van der Waals surface area contributed by atoms with E-state index in [1.807, 2.05) is 24.3 Å². The molecule has 1 N–H and O–H groups in total. The van der Waals surface area contributed by atoms with Gasteiger partial charge in [0.2, 0.25) is 0 Å². The molecule has 33 heavy (non-hydrogen) atoms. The maximum absolute atomic E-state index is 13.5. The maximum Gasteiger partial charge on any atom is 0.336 e. The van der Waals surface area contributed by atoms with Gasteiger partial charge in [0, 0.05) is 46.5 Å². The van der Waals surface area contributed by atoms with Gasteiger partial charge in [-0.2, -0.15) is 0 Å². The van der Waals surface area contributed by atoms with E-state index in [2.05, 4.69) is 5.32 Å². The minimum Gasteiger partial charge on any atom is -0.463 e. The molecule has 0 bridgehead atoms. The number of non-ortho nitro benzene ring substituents is 1. The quantitative estimate of drug-likeness (QED) is 0.370. The van der Waals surface area contributed by atoms with Crippen LogP contribution in [0.25, 0.3) is 0 Å². The molecule has 0 radical (unpaired) electrons. The second-order valence-corrected chi connectivity index (χ2v) is 8.57. The summed E-state index contributed by atoms with van der Waals surface area (Å²) in [6, 6.07) is 13.4. The van der Waals surface area contributed by atoms with Gasteiger partial charge in [-0.1, -0.05) is 35.9 Å². The predicted octanol–water partition coefficient (Wildman–Crippen LogP) is 5.17. The summed E-state index contributed by atoms with van der Waals surface area (Å²) in [6.07, 6.45) is 0.889. The minimum atomic E-state index is -0.653. The monoisotopic (exact) mass is 466 g/mol.